The Morgan fingerprint density at radius 1 is 1.58 bits per heavy atom. The van der Waals surface area contributed by atoms with Gasteiger partial charge in [-0.2, -0.15) is 0 Å². The zero-order valence-corrected chi connectivity index (χ0v) is 8.81. The van der Waals surface area contributed by atoms with Gasteiger partial charge in [0.2, 0.25) is 0 Å². The minimum atomic E-state index is -0.587. The lowest BCUT2D eigenvalue weighted by molar-refractivity contribution is -0.142. The van der Waals surface area contributed by atoms with E-state index in [1.807, 2.05) is 6.92 Å². The van der Waals surface area contributed by atoms with Crippen LogP contribution in [0.1, 0.15) is 40.5 Å². The summed E-state index contributed by atoms with van der Waals surface area (Å²) >= 11 is 0. The predicted octanol–water partition coefficient (Wildman–Crippen LogP) is 2.42. The van der Waals surface area contributed by atoms with E-state index < -0.39 is 5.60 Å². The van der Waals surface area contributed by atoms with E-state index in [0.717, 1.165) is 12.8 Å². The molecule has 0 saturated carbocycles. The molecular weight excluding hydrogens is 152 g/mol. The van der Waals surface area contributed by atoms with Crippen molar-refractivity contribution in [2.75, 3.05) is 7.11 Å². The first-order valence-corrected chi connectivity index (χ1v) is 4.55. The molecule has 2 unspecified atom stereocenters. The Morgan fingerprint density at radius 3 is 2.33 bits per heavy atom. The highest BCUT2D eigenvalue weighted by atomic mass is 16.5. The molecule has 0 amide bonds. The minimum absolute atomic E-state index is 0.117. The van der Waals surface area contributed by atoms with Crippen LogP contribution in [0.4, 0.5) is 0 Å². The number of ether oxygens (including phenoxy) is 1. The number of hydrogen-bond donors (Lipinski definition) is 0. The highest BCUT2D eigenvalue weighted by Gasteiger charge is 2.35. The summed E-state index contributed by atoms with van der Waals surface area (Å²) in [7, 11) is 1.60. The van der Waals surface area contributed by atoms with Crippen LogP contribution >= 0.6 is 0 Å². The first-order chi connectivity index (χ1) is 5.49. The van der Waals surface area contributed by atoms with Gasteiger partial charge in [0.05, 0.1) is 0 Å². The van der Waals surface area contributed by atoms with Crippen molar-refractivity contribution in [3.8, 4) is 0 Å². The first kappa shape index (κ1) is 11.6. The number of methoxy groups -OCH3 is 1. The molecule has 0 aromatic carbocycles. The van der Waals surface area contributed by atoms with E-state index >= 15 is 0 Å². The SMILES string of the molecule is CCCC(C)C(C)(OC)C(C)=O. The van der Waals surface area contributed by atoms with Gasteiger partial charge in [0, 0.05) is 7.11 Å². The summed E-state index contributed by atoms with van der Waals surface area (Å²) in [5, 5.41) is 0. The van der Waals surface area contributed by atoms with Gasteiger partial charge in [-0.25, -0.2) is 0 Å². The molecule has 0 fully saturated rings. The van der Waals surface area contributed by atoms with E-state index in [4.69, 9.17) is 4.74 Å². The van der Waals surface area contributed by atoms with Gasteiger partial charge in [-0.05, 0) is 26.2 Å². The second kappa shape index (κ2) is 4.61. The molecule has 2 nitrogen and oxygen atoms in total. The number of rotatable bonds is 5. The molecule has 2 atom stereocenters. The van der Waals surface area contributed by atoms with Crippen molar-refractivity contribution >= 4 is 5.78 Å². The van der Waals surface area contributed by atoms with Crippen molar-refractivity contribution < 1.29 is 9.53 Å². The Balaban J connectivity index is 4.39. The topological polar surface area (TPSA) is 26.3 Å². The summed E-state index contributed by atoms with van der Waals surface area (Å²) in [6.07, 6.45) is 2.12. The zero-order valence-electron chi connectivity index (χ0n) is 8.81. The van der Waals surface area contributed by atoms with Crippen LogP contribution in [-0.4, -0.2) is 18.5 Å². The predicted molar refractivity (Wildman–Crippen MR) is 50.2 cm³/mol. The lowest BCUT2D eigenvalue weighted by Gasteiger charge is -2.31. The molecule has 0 aliphatic rings. The number of carbonyl (C=O) groups is 1. The Bertz CT molecular complexity index is 154. The summed E-state index contributed by atoms with van der Waals surface area (Å²) in [5.74, 6) is 0.413. The molecule has 0 bridgehead atoms. The fraction of sp³-hybridized carbons (Fsp3) is 0.900. The number of carbonyl (C=O) groups excluding carboxylic acids is 1. The average Bonchev–Trinajstić information content (AvgIpc) is 2.03. The van der Waals surface area contributed by atoms with Crippen molar-refractivity contribution in [2.45, 2.75) is 46.1 Å². The summed E-state index contributed by atoms with van der Waals surface area (Å²) in [4.78, 5) is 11.3. The third-order valence-corrected chi connectivity index (χ3v) is 2.79. The molecule has 72 valence electrons. The fourth-order valence-corrected chi connectivity index (χ4v) is 1.40. The van der Waals surface area contributed by atoms with E-state index in [9.17, 15) is 4.79 Å². The van der Waals surface area contributed by atoms with Crippen LogP contribution < -0.4 is 0 Å². The third-order valence-electron chi connectivity index (χ3n) is 2.79. The summed E-state index contributed by atoms with van der Waals surface area (Å²) in [6.45, 7) is 7.65. The van der Waals surface area contributed by atoms with E-state index in [1.54, 1.807) is 14.0 Å². The van der Waals surface area contributed by atoms with Gasteiger partial charge < -0.3 is 4.74 Å². The molecule has 2 heteroatoms. The second-order valence-corrected chi connectivity index (χ2v) is 3.56. The lowest BCUT2D eigenvalue weighted by Crippen LogP contribution is -2.42. The lowest BCUT2D eigenvalue weighted by atomic mass is 9.84. The summed E-state index contributed by atoms with van der Waals surface area (Å²) < 4.78 is 5.26. The van der Waals surface area contributed by atoms with Crippen molar-refractivity contribution in [3.63, 3.8) is 0 Å². The number of hydrogen-bond acceptors (Lipinski definition) is 2. The van der Waals surface area contributed by atoms with Crippen LogP contribution in [0.15, 0.2) is 0 Å². The molecule has 0 aromatic rings. The molecule has 0 aliphatic carbocycles. The van der Waals surface area contributed by atoms with Crippen LogP contribution in [0.2, 0.25) is 0 Å². The fourth-order valence-electron chi connectivity index (χ4n) is 1.40. The van der Waals surface area contributed by atoms with Gasteiger partial charge >= 0.3 is 0 Å². The van der Waals surface area contributed by atoms with Crippen molar-refractivity contribution in [1.29, 1.82) is 0 Å². The Hall–Kier alpha value is -0.370. The third kappa shape index (κ3) is 2.31. The van der Waals surface area contributed by atoms with E-state index in [1.165, 1.54) is 0 Å². The van der Waals surface area contributed by atoms with Crippen molar-refractivity contribution in [2.24, 2.45) is 5.92 Å². The van der Waals surface area contributed by atoms with Gasteiger partial charge in [-0.15, -0.1) is 0 Å². The number of ketones is 1. The van der Waals surface area contributed by atoms with Crippen molar-refractivity contribution in [3.05, 3.63) is 0 Å². The van der Waals surface area contributed by atoms with Gasteiger partial charge in [0.1, 0.15) is 5.60 Å². The molecule has 0 heterocycles. The Kier molecular flexibility index (Phi) is 4.46. The van der Waals surface area contributed by atoms with E-state index in [0.29, 0.717) is 5.92 Å². The molecule has 0 radical (unpaired) electrons. The van der Waals surface area contributed by atoms with Crippen LogP contribution in [0.25, 0.3) is 0 Å². The Morgan fingerprint density at radius 2 is 2.08 bits per heavy atom. The van der Waals surface area contributed by atoms with Gasteiger partial charge in [0.15, 0.2) is 5.78 Å². The molecule has 12 heavy (non-hydrogen) atoms. The summed E-state index contributed by atoms with van der Waals surface area (Å²) in [5.41, 5.74) is -0.587. The largest absolute Gasteiger partial charge is 0.370 e. The van der Waals surface area contributed by atoms with E-state index in [2.05, 4.69) is 13.8 Å². The quantitative estimate of drug-likeness (QED) is 0.636. The van der Waals surface area contributed by atoms with Gasteiger partial charge in [-0.1, -0.05) is 20.3 Å². The molecule has 0 rings (SSSR count). The highest BCUT2D eigenvalue weighted by molar-refractivity contribution is 5.84. The standard InChI is InChI=1S/C10H20O2/c1-6-7-8(2)10(4,12-5)9(3)11/h8H,6-7H2,1-5H3. The molecule has 0 spiro atoms. The summed E-state index contributed by atoms with van der Waals surface area (Å²) in [6, 6.07) is 0. The molecular formula is C10H20O2. The van der Waals surface area contributed by atoms with Crippen LogP contribution in [0, 0.1) is 5.92 Å². The second-order valence-electron chi connectivity index (χ2n) is 3.56. The van der Waals surface area contributed by atoms with Gasteiger partial charge in [-0.3, -0.25) is 4.79 Å². The highest BCUT2D eigenvalue weighted by Crippen LogP contribution is 2.25. The zero-order chi connectivity index (χ0) is 9.78. The van der Waals surface area contributed by atoms with Gasteiger partial charge in [0.25, 0.3) is 0 Å². The molecule has 0 aliphatic heterocycles. The molecule has 0 saturated heterocycles. The minimum Gasteiger partial charge on any atom is -0.370 e. The van der Waals surface area contributed by atoms with Crippen LogP contribution in [0.3, 0.4) is 0 Å². The molecule has 0 N–H and O–H groups in total. The number of Topliss-reactive ketones (excluding diaryl/α,β-unsaturated/α-hetero) is 1. The van der Waals surface area contributed by atoms with Crippen molar-refractivity contribution in [1.82, 2.24) is 0 Å². The maximum Gasteiger partial charge on any atom is 0.161 e. The smallest absolute Gasteiger partial charge is 0.161 e. The first-order valence-electron chi connectivity index (χ1n) is 4.55. The van der Waals surface area contributed by atoms with Crippen LogP contribution in [-0.2, 0) is 9.53 Å². The van der Waals surface area contributed by atoms with E-state index in [-0.39, 0.29) is 5.78 Å². The van der Waals surface area contributed by atoms with Crippen LogP contribution in [0.5, 0.6) is 0 Å². The monoisotopic (exact) mass is 172 g/mol. The maximum absolute atomic E-state index is 11.3. The maximum atomic E-state index is 11.3. The average molecular weight is 172 g/mol. The normalized spacial score (nSPS) is 18.4. The Labute approximate surface area is 75.3 Å². The molecule has 0 aromatic heterocycles.